The Labute approximate surface area is 112 Å². The Bertz CT molecular complexity index is 411. The number of ether oxygens (including phenoxy) is 1. The fourth-order valence-corrected chi connectivity index (χ4v) is 1.99. The molecule has 0 aliphatic rings. The fourth-order valence-electron chi connectivity index (χ4n) is 1.79. The first-order chi connectivity index (χ1) is 8.47. The Hall–Kier alpha value is -1.10. The summed E-state index contributed by atoms with van der Waals surface area (Å²) in [5, 5.41) is 9.82. The van der Waals surface area contributed by atoms with Crippen molar-refractivity contribution in [3.8, 4) is 0 Å². The average Bonchev–Trinajstić information content (AvgIpc) is 2.33. The summed E-state index contributed by atoms with van der Waals surface area (Å²) in [7, 11) is 3.26. The number of carboxylic acids is 1. The molecule has 1 aromatic rings. The van der Waals surface area contributed by atoms with E-state index in [9.17, 15) is 9.90 Å². The molecule has 1 N–H and O–H groups in total. The molecule has 1 aromatic carbocycles. The molecule has 0 fully saturated rings. The van der Waals surface area contributed by atoms with Crippen molar-refractivity contribution in [2.75, 3.05) is 20.8 Å². The molecule has 0 spiro atoms. The van der Waals surface area contributed by atoms with Crippen LogP contribution in [0, 0.1) is 0 Å². The third-order valence-electron chi connectivity index (χ3n) is 3.04. The van der Waals surface area contributed by atoms with E-state index in [0.29, 0.717) is 5.02 Å². The Morgan fingerprint density at radius 2 is 2.22 bits per heavy atom. The molecule has 4 nitrogen and oxygen atoms in total. The monoisotopic (exact) mass is 271 g/mol. The lowest BCUT2D eigenvalue weighted by atomic mass is 10.1. The van der Waals surface area contributed by atoms with Crippen LogP contribution in [0.2, 0.25) is 5.02 Å². The molecule has 2 unspecified atom stereocenters. The first-order valence-electron chi connectivity index (χ1n) is 5.66. The van der Waals surface area contributed by atoms with Gasteiger partial charge in [0.05, 0.1) is 6.61 Å². The van der Waals surface area contributed by atoms with Gasteiger partial charge in [-0.1, -0.05) is 23.7 Å². The van der Waals surface area contributed by atoms with Crippen LogP contribution in [0.25, 0.3) is 0 Å². The van der Waals surface area contributed by atoms with Gasteiger partial charge in [0.15, 0.2) is 0 Å². The molecule has 18 heavy (non-hydrogen) atoms. The molecule has 5 heteroatoms. The van der Waals surface area contributed by atoms with Crippen molar-refractivity contribution in [3.05, 3.63) is 34.9 Å². The molecular formula is C13H18ClNO3. The molecule has 0 aliphatic carbocycles. The maximum Gasteiger partial charge on any atom is 0.323 e. The normalized spacial score (nSPS) is 14.5. The summed E-state index contributed by atoms with van der Waals surface area (Å²) in [6.45, 7) is 2.09. The van der Waals surface area contributed by atoms with E-state index in [1.165, 1.54) is 7.11 Å². The molecule has 0 saturated carbocycles. The molecule has 2 atom stereocenters. The first-order valence-corrected chi connectivity index (χ1v) is 6.04. The van der Waals surface area contributed by atoms with Crippen LogP contribution in [0.5, 0.6) is 0 Å². The zero-order chi connectivity index (χ0) is 13.7. The van der Waals surface area contributed by atoms with Crippen molar-refractivity contribution in [2.45, 2.75) is 19.0 Å². The van der Waals surface area contributed by atoms with Crippen LogP contribution in [0.15, 0.2) is 24.3 Å². The summed E-state index contributed by atoms with van der Waals surface area (Å²) < 4.78 is 4.95. The van der Waals surface area contributed by atoms with Crippen LogP contribution in [-0.4, -0.2) is 42.8 Å². The van der Waals surface area contributed by atoms with Crippen molar-refractivity contribution in [2.24, 2.45) is 0 Å². The van der Waals surface area contributed by atoms with E-state index >= 15 is 0 Å². The lowest BCUT2D eigenvalue weighted by Crippen LogP contribution is -2.43. The van der Waals surface area contributed by atoms with E-state index in [1.807, 2.05) is 25.1 Å². The van der Waals surface area contributed by atoms with Crippen LogP contribution in [0.1, 0.15) is 18.5 Å². The number of benzene rings is 1. The molecule has 0 aromatic heterocycles. The number of halogens is 1. The van der Waals surface area contributed by atoms with Crippen molar-refractivity contribution in [3.63, 3.8) is 0 Å². The molecule has 0 saturated heterocycles. The third-order valence-corrected chi connectivity index (χ3v) is 3.28. The summed E-state index contributed by atoms with van der Waals surface area (Å²) in [5.41, 5.74) is 0.979. The Morgan fingerprint density at radius 3 is 2.72 bits per heavy atom. The van der Waals surface area contributed by atoms with Crippen LogP contribution in [-0.2, 0) is 9.53 Å². The van der Waals surface area contributed by atoms with E-state index in [4.69, 9.17) is 16.3 Å². The summed E-state index contributed by atoms with van der Waals surface area (Å²) in [6, 6.07) is 6.69. The van der Waals surface area contributed by atoms with Gasteiger partial charge in [0.1, 0.15) is 6.04 Å². The highest BCUT2D eigenvalue weighted by Crippen LogP contribution is 2.23. The summed E-state index contributed by atoms with van der Waals surface area (Å²) in [6.07, 6.45) is 0. The highest BCUT2D eigenvalue weighted by atomic mass is 35.5. The minimum absolute atomic E-state index is 0.0556. The topological polar surface area (TPSA) is 49.8 Å². The van der Waals surface area contributed by atoms with E-state index in [1.54, 1.807) is 18.0 Å². The second-order valence-corrected chi connectivity index (χ2v) is 4.64. The number of likely N-dealkylation sites (N-methyl/N-ethyl adjacent to an activating group) is 1. The van der Waals surface area contributed by atoms with E-state index in [0.717, 1.165) is 5.56 Å². The van der Waals surface area contributed by atoms with Gasteiger partial charge in [-0.05, 0) is 31.7 Å². The quantitative estimate of drug-likeness (QED) is 0.863. The SMILES string of the molecule is COCC(C(=O)O)N(C)C(C)c1cccc(Cl)c1. The van der Waals surface area contributed by atoms with Gasteiger partial charge in [-0.15, -0.1) is 0 Å². The van der Waals surface area contributed by atoms with Crippen molar-refractivity contribution in [1.29, 1.82) is 0 Å². The van der Waals surface area contributed by atoms with E-state index < -0.39 is 12.0 Å². The molecule has 100 valence electrons. The molecule has 0 amide bonds. The van der Waals surface area contributed by atoms with Crippen molar-refractivity contribution < 1.29 is 14.6 Å². The number of hydrogen-bond donors (Lipinski definition) is 1. The van der Waals surface area contributed by atoms with Crippen LogP contribution in [0.3, 0.4) is 0 Å². The first kappa shape index (κ1) is 15.0. The number of hydrogen-bond acceptors (Lipinski definition) is 3. The van der Waals surface area contributed by atoms with Gasteiger partial charge < -0.3 is 9.84 Å². The van der Waals surface area contributed by atoms with Crippen LogP contribution in [0.4, 0.5) is 0 Å². The fraction of sp³-hybridized carbons (Fsp3) is 0.462. The second-order valence-electron chi connectivity index (χ2n) is 4.21. The van der Waals surface area contributed by atoms with Gasteiger partial charge in [0.2, 0.25) is 0 Å². The smallest absolute Gasteiger partial charge is 0.323 e. The summed E-state index contributed by atoms with van der Waals surface area (Å²) in [5.74, 6) is -0.895. The molecule has 0 radical (unpaired) electrons. The van der Waals surface area contributed by atoms with Crippen molar-refractivity contribution in [1.82, 2.24) is 4.90 Å². The predicted octanol–water partition coefficient (Wildman–Crippen LogP) is 2.43. The molecule has 0 heterocycles. The maximum atomic E-state index is 11.2. The van der Waals surface area contributed by atoms with E-state index in [-0.39, 0.29) is 12.6 Å². The lowest BCUT2D eigenvalue weighted by Gasteiger charge is -2.30. The maximum absolute atomic E-state index is 11.2. The Balaban J connectivity index is 2.87. The highest BCUT2D eigenvalue weighted by molar-refractivity contribution is 6.30. The van der Waals surface area contributed by atoms with E-state index in [2.05, 4.69) is 0 Å². The summed E-state index contributed by atoms with van der Waals surface area (Å²) in [4.78, 5) is 12.9. The molecule has 0 aliphatic heterocycles. The predicted molar refractivity (Wildman–Crippen MR) is 70.9 cm³/mol. The number of carboxylic acid groups (broad SMARTS) is 1. The Morgan fingerprint density at radius 1 is 1.56 bits per heavy atom. The van der Waals surface area contributed by atoms with Gasteiger partial charge >= 0.3 is 5.97 Å². The minimum atomic E-state index is -0.895. The highest BCUT2D eigenvalue weighted by Gasteiger charge is 2.26. The third kappa shape index (κ3) is 3.70. The average molecular weight is 272 g/mol. The number of nitrogens with zero attached hydrogens (tertiary/aromatic N) is 1. The largest absolute Gasteiger partial charge is 0.480 e. The number of carbonyl (C=O) groups is 1. The van der Waals surface area contributed by atoms with Crippen LogP contribution < -0.4 is 0 Å². The second kappa shape index (κ2) is 6.73. The standard InChI is InChI=1S/C13H18ClNO3/c1-9(10-5-4-6-11(14)7-10)15(2)12(8-18-3)13(16)17/h4-7,9,12H,8H2,1-3H3,(H,16,17). The van der Waals surface area contributed by atoms with Gasteiger partial charge in [0.25, 0.3) is 0 Å². The summed E-state index contributed by atoms with van der Waals surface area (Å²) >= 11 is 5.94. The number of aliphatic carboxylic acids is 1. The molecule has 0 bridgehead atoms. The zero-order valence-corrected chi connectivity index (χ0v) is 11.5. The van der Waals surface area contributed by atoms with Gasteiger partial charge in [-0.25, -0.2) is 0 Å². The van der Waals surface area contributed by atoms with Gasteiger partial charge in [0, 0.05) is 18.2 Å². The zero-order valence-electron chi connectivity index (χ0n) is 10.8. The Kier molecular flexibility index (Phi) is 5.59. The number of rotatable bonds is 6. The lowest BCUT2D eigenvalue weighted by molar-refractivity contribution is -0.145. The van der Waals surface area contributed by atoms with Crippen molar-refractivity contribution >= 4 is 17.6 Å². The van der Waals surface area contributed by atoms with Crippen LogP contribution >= 0.6 is 11.6 Å². The van der Waals surface area contributed by atoms with Gasteiger partial charge in [-0.2, -0.15) is 0 Å². The number of methoxy groups -OCH3 is 1. The molecular weight excluding hydrogens is 254 g/mol. The van der Waals surface area contributed by atoms with Gasteiger partial charge in [-0.3, -0.25) is 9.69 Å². The molecule has 1 rings (SSSR count). The minimum Gasteiger partial charge on any atom is -0.480 e.